The van der Waals surface area contributed by atoms with Crippen LogP contribution in [0.3, 0.4) is 0 Å². The van der Waals surface area contributed by atoms with Crippen molar-refractivity contribution in [3.8, 4) is 50.1 Å². The largest absolute Gasteiger partial charge is 0.288 e. The predicted molar refractivity (Wildman–Crippen MR) is 404 cm³/mol. The van der Waals surface area contributed by atoms with Crippen molar-refractivity contribution in [1.82, 2.24) is 0 Å². The van der Waals surface area contributed by atoms with Crippen LogP contribution in [0.2, 0.25) is 0 Å². The first kappa shape index (κ1) is 70.1. The second-order valence-electron chi connectivity index (χ2n) is 27.3. The number of unbranched alkanes of at least 4 members (excludes halogenated alkanes) is 4. The van der Waals surface area contributed by atoms with E-state index in [1.807, 2.05) is 0 Å². The summed E-state index contributed by atoms with van der Waals surface area (Å²) in [6.45, 7) is 31.6. The Bertz CT molecular complexity index is 3820. The Labute approximate surface area is 577 Å². The van der Waals surface area contributed by atoms with E-state index >= 15 is 18.4 Å². The molecule has 14 heteroatoms. The fraction of sp³-hybridized carbons (Fsp3) is 0.526. The number of thioether (sulfide) groups is 2. The molecule has 0 bridgehead atoms. The number of thiophene rings is 8. The summed E-state index contributed by atoms with van der Waals surface area (Å²) in [5.74, 6) is 3.44. The molecule has 4 atom stereocenters. The fourth-order valence-corrected chi connectivity index (χ4v) is 25.6. The third-order valence-electron chi connectivity index (χ3n) is 18.5. The van der Waals surface area contributed by atoms with E-state index in [0.717, 1.165) is 203 Å². The Morgan fingerprint density at radius 3 is 1.27 bits per heavy atom. The quantitative estimate of drug-likeness (QED) is 0.0406. The molecule has 1 aliphatic rings. The van der Waals surface area contributed by atoms with Crippen LogP contribution in [0.25, 0.3) is 70.3 Å². The highest BCUT2D eigenvalue weighted by atomic mass is 32.2. The molecule has 484 valence electrons. The maximum absolute atomic E-state index is 16.7. The smallest absolute Gasteiger partial charge is 0.197 e. The molecule has 0 amide bonds. The molecule has 8 aromatic heterocycles. The molecule has 0 saturated carbocycles. The summed E-state index contributed by atoms with van der Waals surface area (Å²) in [6.07, 6.45) is 19.7. The molecule has 0 saturated heterocycles. The number of halogens is 2. The van der Waals surface area contributed by atoms with Crippen molar-refractivity contribution in [1.29, 1.82) is 0 Å². The van der Waals surface area contributed by atoms with Gasteiger partial charge in [0.1, 0.15) is 11.6 Å². The first-order valence-electron chi connectivity index (χ1n) is 33.7. The highest BCUT2D eigenvalue weighted by Gasteiger charge is 2.43. The minimum absolute atomic E-state index is 0.00807. The summed E-state index contributed by atoms with van der Waals surface area (Å²) < 4.78 is 37.1. The van der Waals surface area contributed by atoms with Gasteiger partial charge in [-0.15, -0.1) is 114 Å². The standard InChI is InChI=1S/C76H94F2O2S10/c1-15-23-27-43(19-5)35-55-63-64(56(84-55)36-44(20-6)28-24-16-2)68(80)66-65(67(63)79)71(90-72(66)53-33-34-59(85-53)75(9,10)11)52-32-31-51(83-52)54-37-47-61(57-39-49(77)73(87-57)81-41-45(21-7)29-25-17-3)70-48(38-60(89-70)76(12,13)14)62(69(47)86-54)58-40-50(78)74(88-58)82-42-46(22-8)30-26-18-4/h31-34,37-40,43-46H,15-30,35-36,41-42H2,1-14H3. The highest BCUT2D eigenvalue weighted by Crippen LogP contribution is 2.58. The van der Waals surface area contributed by atoms with Crippen molar-refractivity contribution in [2.24, 2.45) is 23.7 Å². The van der Waals surface area contributed by atoms with Gasteiger partial charge in [-0.1, -0.05) is 187 Å². The van der Waals surface area contributed by atoms with Gasteiger partial charge in [-0.2, -0.15) is 0 Å². The van der Waals surface area contributed by atoms with E-state index in [1.165, 1.54) is 22.6 Å². The number of fused-ring (bicyclic) bond motifs is 4. The van der Waals surface area contributed by atoms with E-state index in [9.17, 15) is 0 Å². The van der Waals surface area contributed by atoms with Crippen LogP contribution in [0.5, 0.6) is 0 Å². The van der Waals surface area contributed by atoms with E-state index in [0.29, 0.717) is 45.9 Å². The zero-order chi connectivity index (χ0) is 64.3. The Kier molecular flexibility index (Phi) is 23.8. The van der Waals surface area contributed by atoms with Crippen LogP contribution in [0.1, 0.15) is 251 Å². The molecule has 0 spiro atoms. The van der Waals surface area contributed by atoms with E-state index in [4.69, 9.17) is 0 Å². The summed E-state index contributed by atoms with van der Waals surface area (Å²) in [6, 6.07) is 17.0. The monoisotopic (exact) mass is 1400 g/mol. The van der Waals surface area contributed by atoms with Crippen molar-refractivity contribution in [3.63, 3.8) is 0 Å². The van der Waals surface area contributed by atoms with E-state index in [2.05, 4.69) is 133 Å². The molecule has 0 fully saturated rings. The molecule has 8 heterocycles. The lowest BCUT2D eigenvalue weighted by Gasteiger charge is -2.19. The molecule has 0 radical (unpaired) electrons. The maximum atomic E-state index is 16.7. The maximum Gasteiger partial charge on any atom is 0.197 e. The van der Waals surface area contributed by atoms with Crippen molar-refractivity contribution < 1.29 is 18.4 Å². The Morgan fingerprint density at radius 2 is 0.822 bits per heavy atom. The summed E-state index contributed by atoms with van der Waals surface area (Å²) >= 11 is 16.9. The van der Waals surface area contributed by atoms with Crippen LogP contribution in [0, 0.1) is 35.3 Å². The second kappa shape index (κ2) is 30.5. The van der Waals surface area contributed by atoms with E-state index in [-0.39, 0.29) is 34.0 Å². The molecular weight excluding hydrogens is 1300 g/mol. The summed E-state index contributed by atoms with van der Waals surface area (Å²) in [4.78, 5) is 44.6. The molecule has 90 heavy (non-hydrogen) atoms. The number of hydrogen-bond donors (Lipinski definition) is 0. The summed E-state index contributed by atoms with van der Waals surface area (Å²) in [5, 5.41) is 2.15. The molecule has 1 aromatic carbocycles. The van der Waals surface area contributed by atoms with E-state index < -0.39 is 0 Å². The Hall–Kier alpha value is -2.76. The summed E-state index contributed by atoms with van der Waals surface area (Å²) in [7, 11) is 0. The number of hydrogen-bond acceptors (Lipinski definition) is 12. The van der Waals surface area contributed by atoms with Crippen LogP contribution < -0.4 is 0 Å². The number of carbonyl (C=O) groups is 2. The molecule has 10 rings (SSSR count). The van der Waals surface area contributed by atoms with Crippen molar-refractivity contribution >= 4 is 146 Å². The Balaban J connectivity index is 1.16. The van der Waals surface area contributed by atoms with E-state index in [1.54, 1.807) is 126 Å². The molecule has 4 unspecified atom stereocenters. The van der Waals surface area contributed by atoms with Gasteiger partial charge in [-0.3, -0.25) is 9.59 Å². The Morgan fingerprint density at radius 1 is 0.400 bits per heavy atom. The van der Waals surface area contributed by atoms with Gasteiger partial charge < -0.3 is 0 Å². The average Bonchev–Trinajstić information content (AvgIpc) is 1.55. The minimum atomic E-state index is -0.159. The van der Waals surface area contributed by atoms with Crippen LogP contribution in [-0.4, -0.2) is 23.1 Å². The van der Waals surface area contributed by atoms with Crippen LogP contribution in [0.4, 0.5) is 8.78 Å². The number of benzene rings is 1. The lowest BCUT2D eigenvalue weighted by molar-refractivity contribution is 0.0980. The van der Waals surface area contributed by atoms with Crippen LogP contribution in [-0.2, 0) is 23.7 Å². The van der Waals surface area contributed by atoms with Gasteiger partial charge in [0.15, 0.2) is 11.6 Å². The third kappa shape index (κ3) is 14.9. The number of rotatable bonds is 31. The highest BCUT2D eigenvalue weighted by molar-refractivity contribution is 8.01. The second-order valence-corrected chi connectivity index (χ2v) is 38.5. The first-order chi connectivity index (χ1) is 43.2. The van der Waals surface area contributed by atoms with Crippen LogP contribution >= 0.6 is 114 Å². The lowest BCUT2D eigenvalue weighted by Crippen LogP contribution is -2.22. The zero-order valence-corrected chi connectivity index (χ0v) is 63.9. The van der Waals surface area contributed by atoms with Crippen LogP contribution in [0.15, 0.2) is 56.9 Å². The van der Waals surface area contributed by atoms with Crippen molar-refractivity contribution in [3.05, 3.63) is 102 Å². The number of ketones is 2. The minimum Gasteiger partial charge on any atom is -0.288 e. The molecular formula is C76H94F2O2S10. The van der Waals surface area contributed by atoms with Gasteiger partial charge in [-0.25, -0.2) is 8.78 Å². The van der Waals surface area contributed by atoms with Gasteiger partial charge in [0.2, 0.25) is 0 Å². The third-order valence-corrected chi connectivity index (χ3v) is 32.1. The van der Waals surface area contributed by atoms with Crippen molar-refractivity contribution in [2.45, 2.75) is 232 Å². The SMILES string of the molecule is CCCCC(CC)CSc1sc(-c2c3cc(C(C)(C)C)sc3c(-c3cc(F)c(SCC(CC)CCCC)s3)c3cc(-c4ccc(-c5sc(-c6ccc(C(C)(C)C)s6)c6c5C(=O)c5c(CC(CC)CCCC)sc(CC(CC)CCCC)c5C6=O)s4)sc23)cc1F. The zero-order valence-electron chi connectivity index (χ0n) is 55.7. The first-order valence-corrected chi connectivity index (χ1v) is 42.2. The van der Waals surface area contributed by atoms with Gasteiger partial charge >= 0.3 is 0 Å². The van der Waals surface area contributed by atoms with Crippen molar-refractivity contribution in [2.75, 3.05) is 11.5 Å². The molecule has 1 aliphatic carbocycles. The molecule has 2 nitrogen and oxygen atoms in total. The van der Waals surface area contributed by atoms with Gasteiger partial charge in [-0.05, 0) is 109 Å². The average molecular weight is 1400 g/mol. The fourth-order valence-electron chi connectivity index (χ4n) is 12.7. The lowest BCUT2D eigenvalue weighted by atomic mass is 9.81. The van der Waals surface area contributed by atoms with Gasteiger partial charge in [0, 0.05) is 103 Å². The van der Waals surface area contributed by atoms with Gasteiger partial charge in [0.25, 0.3) is 0 Å². The summed E-state index contributed by atoms with van der Waals surface area (Å²) in [5.41, 5.74) is 4.38. The molecule has 9 aromatic rings. The number of carbonyl (C=O) groups excluding carboxylic acids is 2. The molecule has 0 N–H and O–H groups in total. The van der Waals surface area contributed by atoms with Gasteiger partial charge in [0.05, 0.1) is 29.3 Å². The predicted octanol–water partition coefficient (Wildman–Crippen LogP) is 28.6. The normalized spacial score (nSPS) is 14.4. The topological polar surface area (TPSA) is 34.1 Å². The molecule has 0 aliphatic heterocycles.